The van der Waals surface area contributed by atoms with Gasteiger partial charge in [0.15, 0.2) is 4.77 Å². The highest BCUT2D eigenvalue weighted by Crippen LogP contribution is 2.19. The van der Waals surface area contributed by atoms with Crippen LogP contribution in [0.5, 0.6) is 0 Å². The van der Waals surface area contributed by atoms with Gasteiger partial charge in [0.1, 0.15) is 6.04 Å². The summed E-state index contributed by atoms with van der Waals surface area (Å²) in [5.41, 5.74) is 1.91. The van der Waals surface area contributed by atoms with E-state index in [0.717, 1.165) is 11.3 Å². The number of carbonyl (C=O) groups is 1. The third-order valence-electron chi connectivity index (χ3n) is 2.79. The van der Waals surface area contributed by atoms with Crippen LogP contribution in [0.15, 0.2) is 36.5 Å². The molecule has 2 rings (SSSR count). The number of aromatic amines is 1. The Morgan fingerprint density at radius 3 is 2.67 bits per heavy atom. The van der Waals surface area contributed by atoms with Crippen molar-refractivity contribution in [2.75, 3.05) is 7.11 Å². The minimum Gasteiger partial charge on any atom is -0.467 e. The topological polar surface area (TPSA) is 47.0 Å². The van der Waals surface area contributed by atoms with Crippen molar-refractivity contribution in [1.82, 2.24) is 9.55 Å². The predicted octanol–water partition coefficient (Wildman–Crippen LogP) is 2.95. The molecule has 0 spiro atoms. The first-order valence-electron chi connectivity index (χ1n) is 5.58. The second kappa shape index (κ2) is 5.18. The van der Waals surface area contributed by atoms with Crippen LogP contribution in [-0.4, -0.2) is 22.6 Å². The lowest BCUT2D eigenvalue weighted by molar-refractivity contribution is -0.144. The molecule has 0 fully saturated rings. The second-order valence-corrected chi connectivity index (χ2v) is 4.33. The van der Waals surface area contributed by atoms with E-state index in [9.17, 15) is 4.79 Å². The van der Waals surface area contributed by atoms with E-state index < -0.39 is 6.04 Å². The summed E-state index contributed by atoms with van der Waals surface area (Å²) in [5.74, 6) is -0.315. The number of imidazole rings is 1. The molecule has 2 aromatic rings. The summed E-state index contributed by atoms with van der Waals surface area (Å²) in [7, 11) is 1.37. The number of esters is 1. The Balaban J connectivity index is 2.39. The first-order valence-corrected chi connectivity index (χ1v) is 5.98. The lowest BCUT2D eigenvalue weighted by Gasteiger charge is -2.09. The van der Waals surface area contributed by atoms with Gasteiger partial charge < -0.3 is 14.3 Å². The molecule has 1 atom stereocenters. The quantitative estimate of drug-likeness (QED) is 0.683. The van der Waals surface area contributed by atoms with Gasteiger partial charge in [-0.15, -0.1) is 0 Å². The van der Waals surface area contributed by atoms with Crippen LogP contribution < -0.4 is 0 Å². The average Bonchev–Trinajstić information content (AvgIpc) is 2.80. The Hall–Kier alpha value is -1.88. The summed E-state index contributed by atoms with van der Waals surface area (Å²) < 4.78 is 6.92. The number of carbonyl (C=O) groups excluding carboxylic acids is 1. The van der Waals surface area contributed by atoms with Crippen molar-refractivity contribution in [2.24, 2.45) is 0 Å². The number of nitrogens with one attached hydrogen (secondary N) is 1. The fraction of sp³-hybridized carbons (Fsp3) is 0.231. The molecule has 0 bridgehead atoms. The van der Waals surface area contributed by atoms with Crippen LogP contribution in [0.2, 0.25) is 0 Å². The third kappa shape index (κ3) is 2.36. The molecule has 0 saturated carbocycles. The van der Waals surface area contributed by atoms with Crippen LogP contribution in [0.3, 0.4) is 0 Å². The van der Waals surface area contributed by atoms with Gasteiger partial charge in [0, 0.05) is 6.20 Å². The minimum atomic E-state index is -0.434. The number of hydrogen-bond acceptors (Lipinski definition) is 3. The molecule has 0 radical (unpaired) electrons. The second-order valence-electron chi connectivity index (χ2n) is 3.95. The van der Waals surface area contributed by atoms with E-state index in [2.05, 4.69) is 4.98 Å². The number of hydrogen-bond donors (Lipinski definition) is 1. The van der Waals surface area contributed by atoms with Gasteiger partial charge in [0.2, 0.25) is 0 Å². The zero-order chi connectivity index (χ0) is 13.1. The standard InChI is InChI=1S/C13H14N2O2S/c1-9(12(16)17-2)15-8-11(14-13(15)18)10-6-4-3-5-7-10/h3-9H,1-2H3,(H,14,18). The first kappa shape index (κ1) is 12.6. The van der Waals surface area contributed by atoms with E-state index in [-0.39, 0.29) is 5.97 Å². The van der Waals surface area contributed by atoms with Crippen LogP contribution in [0.1, 0.15) is 13.0 Å². The number of methoxy groups -OCH3 is 1. The molecule has 1 N–H and O–H groups in total. The fourth-order valence-electron chi connectivity index (χ4n) is 1.75. The van der Waals surface area contributed by atoms with E-state index >= 15 is 0 Å². The third-order valence-corrected chi connectivity index (χ3v) is 3.10. The Morgan fingerprint density at radius 2 is 2.06 bits per heavy atom. The van der Waals surface area contributed by atoms with Crippen molar-refractivity contribution in [3.8, 4) is 11.3 Å². The van der Waals surface area contributed by atoms with Crippen molar-refractivity contribution in [3.05, 3.63) is 41.3 Å². The number of H-pyrrole nitrogens is 1. The van der Waals surface area contributed by atoms with Gasteiger partial charge in [-0.25, -0.2) is 4.79 Å². The highest BCUT2D eigenvalue weighted by Gasteiger charge is 2.17. The molecule has 1 unspecified atom stereocenters. The summed E-state index contributed by atoms with van der Waals surface area (Å²) in [6, 6.07) is 9.38. The predicted molar refractivity (Wildman–Crippen MR) is 71.8 cm³/mol. The van der Waals surface area contributed by atoms with Gasteiger partial charge in [0.05, 0.1) is 12.8 Å². The van der Waals surface area contributed by atoms with Gasteiger partial charge in [-0.05, 0) is 24.7 Å². The smallest absolute Gasteiger partial charge is 0.328 e. The van der Waals surface area contributed by atoms with Crippen molar-refractivity contribution in [3.63, 3.8) is 0 Å². The Kier molecular flexibility index (Phi) is 3.62. The number of aromatic nitrogens is 2. The number of nitrogens with zero attached hydrogens (tertiary/aromatic N) is 1. The Bertz CT molecular complexity index is 601. The van der Waals surface area contributed by atoms with Gasteiger partial charge >= 0.3 is 5.97 Å². The maximum Gasteiger partial charge on any atom is 0.328 e. The number of benzene rings is 1. The SMILES string of the molecule is COC(=O)C(C)n1cc(-c2ccccc2)[nH]c1=S. The molecule has 4 nitrogen and oxygen atoms in total. The first-order chi connectivity index (χ1) is 8.63. The van der Waals surface area contributed by atoms with Crippen molar-refractivity contribution in [2.45, 2.75) is 13.0 Å². The number of rotatable bonds is 3. The van der Waals surface area contributed by atoms with E-state index in [1.54, 1.807) is 11.5 Å². The molecule has 1 heterocycles. The molecule has 0 aliphatic rings. The summed E-state index contributed by atoms with van der Waals surface area (Å²) in [5, 5.41) is 0. The molecule has 94 valence electrons. The zero-order valence-electron chi connectivity index (χ0n) is 10.2. The van der Waals surface area contributed by atoms with E-state index in [1.807, 2.05) is 36.5 Å². The summed E-state index contributed by atoms with van der Waals surface area (Å²) in [6.45, 7) is 1.75. The van der Waals surface area contributed by atoms with Crippen molar-refractivity contribution >= 4 is 18.2 Å². The maximum absolute atomic E-state index is 11.5. The van der Waals surface area contributed by atoms with E-state index in [4.69, 9.17) is 17.0 Å². The zero-order valence-corrected chi connectivity index (χ0v) is 11.0. The monoisotopic (exact) mass is 262 g/mol. The largest absolute Gasteiger partial charge is 0.467 e. The Labute approximate surface area is 110 Å². The maximum atomic E-state index is 11.5. The lowest BCUT2D eigenvalue weighted by atomic mass is 10.2. The molecule has 0 saturated heterocycles. The highest BCUT2D eigenvalue weighted by atomic mass is 32.1. The van der Waals surface area contributed by atoms with Crippen LogP contribution in [0, 0.1) is 4.77 Å². The highest BCUT2D eigenvalue weighted by molar-refractivity contribution is 7.71. The van der Waals surface area contributed by atoms with E-state index in [1.165, 1.54) is 7.11 Å². The van der Waals surface area contributed by atoms with E-state index in [0.29, 0.717) is 4.77 Å². The molecule has 0 amide bonds. The van der Waals surface area contributed by atoms with Gasteiger partial charge in [-0.3, -0.25) is 0 Å². The normalized spacial score (nSPS) is 12.1. The molecule has 0 aliphatic heterocycles. The van der Waals surface area contributed by atoms with Crippen molar-refractivity contribution in [1.29, 1.82) is 0 Å². The molecule has 5 heteroatoms. The van der Waals surface area contributed by atoms with Crippen molar-refractivity contribution < 1.29 is 9.53 Å². The van der Waals surface area contributed by atoms with Gasteiger partial charge in [-0.1, -0.05) is 30.3 Å². The fourth-order valence-corrected chi connectivity index (χ4v) is 2.07. The van der Waals surface area contributed by atoms with Crippen LogP contribution in [0.25, 0.3) is 11.3 Å². The van der Waals surface area contributed by atoms with Crippen LogP contribution in [0.4, 0.5) is 0 Å². The molecule has 0 aliphatic carbocycles. The number of ether oxygens (including phenoxy) is 1. The average molecular weight is 262 g/mol. The summed E-state index contributed by atoms with van der Waals surface area (Å²) >= 11 is 5.22. The van der Waals surface area contributed by atoms with Gasteiger partial charge in [-0.2, -0.15) is 0 Å². The molecular formula is C13H14N2O2S. The summed E-state index contributed by atoms with van der Waals surface area (Å²) in [6.07, 6.45) is 1.83. The summed E-state index contributed by atoms with van der Waals surface area (Å²) in [4.78, 5) is 14.6. The molecule has 1 aromatic carbocycles. The molecule has 18 heavy (non-hydrogen) atoms. The molecular weight excluding hydrogens is 248 g/mol. The Morgan fingerprint density at radius 1 is 1.39 bits per heavy atom. The minimum absolute atomic E-state index is 0.315. The lowest BCUT2D eigenvalue weighted by Crippen LogP contribution is -2.17. The van der Waals surface area contributed by atoms with Crippen LogP contribution >= 0.6 is 12.2 Å². The van der Waals surface area contributed by atoms with Crippen LogP contribution in [-0.2, 0) is 9.53 Å². The molecule has 1 aromatic heterocycles. The van der Waals surface area contributed by atoms with Gasteiger partial charge in [0.25, 0.3) is 0 Å².